The zero-order valence-electron chi connectivity index (χ0n) is 11.0. The first kappa shape index (κ1) is 12.9. The van der Waals surface area contributed by atoms with Gasteiger partial charge in [-0.2, -0.15) is 0 Å². The van der Waals surface area contributed by atoms with Gasteiger partial charge < -0.3 is 5.32 Å². The van der Waals surface area contributed by atoms with Gasteiger partial charge in [-0.1, -0.05) is 54.1 Å². The summed E-state index contributed by atoms with van der Waals surface area (Å²) in [4.78, 5) is 4.34. The number of benzene rings is 2. The van der Waals surface area contributed by atoms with Crippen LogP contribution in [0.15, 0.2) is 60.8 Å². The Hall–Kier alpha value is -2.06. The molecule has 1 N–H and O–H groups in total. The molecular weight excluding hydrogens is 268 g/mol. The average molecular weight is 283 g/mol. The minimum Gasteiger partial charge on any atom is -0.384 e. The molecule has 0 bridgehead atoms. The minimum absolute atomic E-state index is 0.689. The van der Waals surface area contributed by atoms with Crippen molar-refractivity contribution in [3.8, 4) is 0 Å². The molecule has 100 valence electrons. The molecule has 0 unspecified atom stereocenters. The normalized spacial score (nSPS) is 10.7. The fourth-order valence-corrected chi connectivity index (χ4v) is 2.50. The largest absolute Gasteiger partial charge is 0.384 e. The topological polar surface area (TPSA) is 24.9 Å². The number of pyridine rings is 1. The molecule has 0 atom stereocenters. The van der Waals surface area contributed by atoms with Gasteiger partial charge in [-0.3, -0.25) is 4.98 Å². The van der Waals surface area contributed by atoms with E-state index in [1.54, 1.807) is 6.20 Å². The summed E-state index contributed by atoms with van der Waals surface area (Å²) >= 11 is 6.17. The first-order valence-electron chi connectivity index (χ1n) is 6.65. The number of anilines is 1. The number of fused-ring (bicyclic) bond motifs is 1. The van der Waals surface area contributed by atoms with Crippen molar-refractivity contribution in [1.82, 2.24) is 4.98 Å². The van der Waals surface area contributed by atoms with Gasteiger partial charge in [-0.05, 0) is 24.1 Å². The Morgan fingerprint density at radius 3 is 2.65 bits per heavy atom. The predicted octanol–water partition coefficient (Wildman–Crippen LogP) is 4.54. The van der Waals surface area contributed by atoms with E-state index in [4.69, 9.17) is 11.6 Å². The number of para-hydroxylation sites is 1. The number of hydrogen-bond donors (Lipinski definition) is 1. The van der Waals surface area contributed by atoms with Gasteiger partial charge in [0.05, 0.1) is 10.5 Å². The number of hydrogen-bond acceptors (Lipinski definition) is 2. The third-order valence-electron chi connectivity index (χ3n) is 3.29. The molecule has 0 aliphatic rings. The summed E-state index contributed by atoms with van der Waals surface area (Å²) < 4.78 is 0. The lowest BCUT2D eigenvalue weighted by atomic mass is 10.1. The fourth-order valence-electron chi connectivity index (χ4n) is 2.28. The Kier molecular flexibility index (Phi) is 3.84. The van der Waals surface area contributed by atoms with E-state index in [1.807, 2.05) is 30.3 Å². The maximum absolute atomic E-state index is 6.17. The first-order chi connectivity index (χ1) is 9.84. The van der Waals surface area contributed by atoms with Crippen LogP contribution in [-0.2, 0) is 6.42 Å². The number of aromatic nitrogens is 1. The van der Waals surface area contributed by atoms with Crippen molar-refractivity contribution in [2.75, 3.05) is 11.9 Å². The van der Waals surface area contributed by atoms with Gasteiger partial charge in [0.15, 0.2) is 0 Å². The van der Waals surface area contributed by atoms with Gasteiger partial charge in [0.25, 0.3) is 0 Å². The van der Waals surface area contributed by atoms with E-state index in [0.717, 1.165) is 29.6 Å². The van der Waals surface area contributed by atoms with E-state index >= 15 is 0 Å². The molecular formula is C17H15ClN2. The molecule has 0 fully saturated rings. The number of halogens is 1. The van der Waals surface area contributed by atoms with Crippen molar-refractivity contribution in [2.24, 2.45) is 0 Å². The van der Waals surface area contributed by atoms with Crippen LogP contribution >= 0.6 is 11.6 Å². The van der Waals surface area contributed by atoms with E-state index in [9.17, 15) is 0 Å². The molecule has 3 aromatic rings. The van der Waals surface area contributed by atoms with E-state index < -0.39 is 0 Å². The van der Waals surface area contributed by atoms with Crippen LogP contribution in [0.4, 0.5) is 5.69 Å². The van der Waals surface area contributed by atoms with Crippen LogP contribution in [0.2, 0.25) is 5.02 Å². The van der Waals surface area contributed by atoms with E-state index in [-0.39, 0.29) is 0 Å². The molecule has 2 nitrogen and oxygen atoms in total. The van der Waals surface area contributed by atoms with E-state index in [2.05, 4.69) is 34.6 Å². The second-order valence-electron chi connectivity index (χ2n) is 4.66. The lowest BCUT2D eigenvalue weighted by molar-refractivity contribution is 1.02. The van der Waals surface area contributed by atoms with Crippen LogP contribution in [0.25, 0.3) is 10.9 Å². The lowest BCUT2D eigenvalue weighted by Gasteiger charge is -2.10. The highest BCUT2D eigenvalue weighted by Crippen LogP contribution is 2.26. The zero-order chi connectivity index (χ0) is 13.8. The van der Waals surface area contributed by atoms with Gasteiger partial charge in [0.1, 0.15) is 0 Å². The summed E-state index contributed by atoms with van der Waals surface area (Å²) in [7, 11) is 0. The SMILES string of the molecule is Clc1cccc2c(NCCc3ccccc3)ccnc12. The molecule has 20 heavy (non-hydrogen) atoms. The maximum atomic E-state index is 6.17. The van der Waals surface area contributed by atoms with Crippen molar-refractivity contribution >= 4 is 28.2 Å². The smallest absolute Gasteiger partial charge is 0.0908 e. The van der Waals surface area contributed by atoms with Gasteiger partial charge in [-0.15, -0.1) is 0 Å². The summed E-state index contributed by atoms with van der Waals surface area (Å²) in [6.45, 7) is 0.885. The second kappa shape index (κ2) is 5.93. The predicted molar refractivity (Wildman–Crippen MR) is 85.4 cm³/mol. The fraction of sp³-hybridized carbons (Fsp3) is 0.118. The van der Waals surface area contributed by atoms with Crippen molar-refractivity contribution in [2.45, 2.75) is 6.42 Å². The summed E-state index contributed by atoms with van der Waals surface area (Å²) in [5.74, 6) is 0. The van der Waals surface area contributed by atoms with E-state index in [0.29, 0.717) is 5.02 Å². The van der Waals surface area contributed by atoms with E-state index in [1.165, 1.54) is 5.56 Å². The Labute approximate surface area is 123 Å². The Balaban J connectivity index is 1.76. The van der Waals surface area contributed by atoms with Crippen LogP contribution in [0, 0.1) is 0 Å². The molecule has 0 amide bonds. The van der Waals surface area contributed by atoms with Crippen LogP contribution in [0.3, 0.4) is 0 Å². The van der Waals surface area contributed by atoms with Crippen molar-refractivity contribution < 1.29 is 0 Å². The third kappa shape index (κ3) is 2.75. The summed E-state index contributed by atoms with van der Waals surface area (Å²) in [6, 6.07) is 18.3. The summed E-state index contributed by atoms with van der Waals surface area (Å²) in [5, 5.41) is 5.22. The maximum Gasteiger partial charge on any atom is 0.0908 e. The molecule has 3 heteroatoms. The Bertz CT molecular complexity index is 711. The van der Waals surface area contributed by atoms with Crippen molar-refractivity contribution in [1.29, 1.82) is 0 Å². The molecule has 1 heterocycles. The molecule has 0 aliphatic heterocycles. The summed E-state index contributed by atoms with van der Waals surface area (Å²) in [6.07, 6.45) is 2.78. The molecule has 0 saturated carbocycles. The highest BCUT2D eigenvalue weighted by atomic mass is 35.5. The quantitative estimate of drug-likeness (QED) is 0.760. The van der Waals surface area contributed by atoms with Gasteiger partial charge in [-0.25, -0.2) is 0 Å². The molecule has 0 spiro atoms. The highest BCUT2D eigenvalue weighted by molar-refractivity contribution is 6.35. The van der Waals surface area contributed by atoms with Crippen molar-refractivity contribution in [3.05, 3.63) is 71.4 Å². The molecule has 1 aromatic heterocycles. The number of nitrogens with one attached hydrogen (secondary N) is 1. The molecule has 0 aliphatic carbocycles. The van der Waals surface area contributed by atoms with Gasteiger partial charge >= 0.3 is 0 Å². The number of rotatable bonds is 4. The van der Waals surface area contributed by atoms with Gasteiger partial charge in [0, 0.05) is 23.8 Å². The molecule has 2 aromatic carbocycles. The minimum atomic E-state index is 0.689. The monoisotopic (exact) mass is 282 g/mol. The standard InChI is InChI=1S/C17H15ClN2/c18-15-8-4-7-14-16(10-12-20-17(14)15)19-11-9-13-5-2-1-3-6-13/h1-8,10,12H,9,11H2,(H,19,20). The number of nitrogens with zero attached hydrogens (tertiary/aromatic N) is 1. The molecule has 3 rings (SSSR count). The van der Waals surface area contributed by atoms with Crippen LogP contribution in [0.5, 0.6) is 0 Å². The van der Waals surface area contributed by atoms with Gasteiger partial charge in [0.2, 0.25) is 0 Å². The molecule has 0 saturated heterocycles. The highest BCUT2D eigenvalue weighted by Gasteiger charge is 2.04. The second-order valence-corrected chi connectivity index (χ2v) is 5.06. The van der Waals surface area contributed by atoms with Crippen molar-refractivity contribution in [3.63, 3.8) is 0 Å². The zero-order valence-corrected chi connectivity index (χ0v) is 11.8. The summed E-state index contributed by atoms with van der Waals surface area (Å²) in [5.41, 5.74) is 3.25. The van der Waals surface area contributed by atoms with Crippen LogP contribution in [0.1, 0.15) is 5.56 Å². The Morgan fingerprint density at radius 1 is 0.950 bits per heavy atom. The van der Waals surface area contributed by atoms with Crippen LogP contribution < -0.4 is 5.32 Å². The molecule has 0 radical (unpaired) electrons. The Morgan fingerprint density at radius 2 is 1.80 bits per heavy atom. The lowest BCUT2D eigenvalue weighted by Crippen LogP contribution is -2.05. The average Bonchev–Trinajstić information content (AvgIpc) is 2.49. The first-order valence-corrected chi connectivity index (χ1v) is 7.03. The third-order valence-corrected chi connectivity index (χ3v) is 3.60. The van der Waals surface area contributed by atoms with Crippen LogP contribution in [-0.4, -0.2) is 11.5 Å².